The average molecular weight is 355 g/mol. The fraction of sp³-hybridized carbons (Fsp3) is 0.133. The van der Waals surface area contributed by atoms with Crippen LogP contribution in [0.1, 0.15) is 6.92 Å². The molecule has 2 aromatic rings. The second-order valence-corrected chi connectivity index (χ2v) is 5.47. The van der Waals surface area contributed by atoms with Crippen LogP contribution in [0.15, 0.2) is 42.5 Å². The number of amides is 1. The number of nitrogens with zero attached hydrogens (tertiary/aromatic N) is 1. The molecule has 0 aromatic heterocycles. The Morgan fingerprint density at radius 1 is 1.26 bits per heavy atom. The molecular formula is C15H12Cl2N2O4. The third-order valence-corrected chi connectivity index (χ3v) is 3.44. The number of nitro benzene ring substituents is 1. The minimum atomic E-state index is -0.816. The van der Waals surface area contributed by atoms with E-state index in [9.17, 15) is 14.9 Å². The van der Waals surface area contributed by atoms with E-state index in [1.807, 2.05) is 0 Å². The maximum absolute atomic E-state index is 12.1. The zero-order valence-electron chi connectivity index (χ0n) is 12.0. The predicted molar refractivity (Wildman–Crippen MR) is 88.3 cm³/mol. The number of hydrogen-bond acceptors (Lipinski definition) is 4. The highest BCUT2D eigenvalue weighted by molar-refractivity contribution is 6.32. The third-order valence-electron chi connectivity index (χ3n) is 2.89. The van der Waals surface area contributed by atoms with Gasteiger partial charge in [-0.2, -0.15) is 0 Å². The zero-order chi connectivity index (χ0) is 17.0. The maximum Gasteiger partial charge on any atom is 0.289 e. The van der Waals surface area contributed by atoms with Gasteiger partial charge < -0.3 is 10.1 Å². The Bertz CT molecular complexity index is 752. The molecule has 2 rings (SSSR count). The fourth-order valence-corrected chi connectivity index (χ4v) is 2.14. The van der Waals surface area contributed by atoms with Crippen molar-refractivity contribution in [2.45, 2.75) is 13.0 Å². The second kappa shape index (κ2) is 7.30. The molecule has 0 aliphatic rings. The van der Waals surface area contributed by atoms with Gasteiger partial charge in [0, 0.05) is 16.8 Å². The molecule has 1 amide bonds. The van der Waals surface area contributed by atoms with E-state index in [-0.39, 0.29) is 16.4 Å². The summed E-state index contributed by atoms with van der Waals surface area (Å²) in [6, 6.07) is 10.6. The average Bonchev–Trinajstić information content (AvgIpc) is 2.48. The lowest BCUT2D eigenvalue weighted by Gasteiger charge is -2.15. The summed E-state index contributed by atoms with van der Waals surface area (Å²) in [7, 11) is 0. The van der Waals surface area contributed by atoms with E-state index in [0.29, 0.717) is 10.8 Å². The van der Waals surface area contributed by atoms with Crippen LogP contribution in [-0.2, 0) is 4.79 Å². The van der Waals surface area contributed by atoms with Crippen molar-refractivity contribution in [1.29, 1.82) is 0 Å². The smallest absolute Gasteiger partial charge is 0.289 e. The summed E-state index contributed by atoms with van der Waals surface area (Å²) in [5, 5.41) is 13.9. The first kappa shape index (κ1) is 17.1. The largest absolute Gasteiger partial charge is 0.481 e. The van der Waals surface area contributed by atoms with Crippen molar-refractivity contribution < 1.29 is 14.5 Å². The zero-order valence-corrected chi connectivity index (χ0v) is 13.5. The van der Waals surface area contributed by atoms with Gasteiger partial charge >= 0.3 is 0 Å². The second-order valence-electron chi connectivity index (χ2n) is 4.63. The van der Waals surface area contributed by atoms with Gasteiger partial charge in [0.15, 0.2) is 6.10 Å². The van der Waals surface area contributed by atoms with Crippen LogP contribution in [-0.4, -0.2) is 16.9 Å². The Labute approximate surface area is 142 Å². The molecule has 1 N–H and O–H groups in total. The van der Waals surface area contributed by atoms with E-state index in [1.165, 1.54) is 18.2 Å². The summed E-state index contributed by atoms with van der Waals surface area (Å²) in [5.74, 6) is -0.0103. The number of benzene rings is 2. The first-order valence-corrected chi connectivity index (χ1v) is 7.29. The van der Waals surface area contributed by atoms with Gasteiger partial charge in [0.2, 0.25) is 0 Å². The Hall–Kier alpha value is -2.31. The lowest BCUT2D eigenvalue weighted by Crippen LogP contribution is -2.30. The third kappa shape index (κ3) is 4.58. The Balaban J connectivity index is 2.06. The topological polar surface area (TPSA) is 81.5 Å². The van der Waals surface area contributed by atoms with Gasteiger partial charge in [0.25, 0.3) is 11.6 Å². The van der Waals surface area contributed by atoms with Gasteiger partial charge in [-0.25, -0.2) is 0 Å². The van der Waals surface area contributed by atoms with Gasteiger partial charge in [0.1, 0.15) is 10.8 Å². The molecule has 1 atom stereocenters. The molecular weight excluding hydrogens is 343 g/mol. The molecule has 8 heteroatoms. The van der Waals surface area contributed by atoms with Crippen molar-refractivity contribution >= 4 is 40.5 Å². The van der Waals surface area contributed by atoms with E-state index in [2.05, 4.69) is 5.32 Å². The summed E-state index contributed by atoms with van der Waals surface area (Å²) in [6.45, 7) is 1.56. The number of carbonyl (C=O) groups excluding carboxylic acids is 1. The molecule has 2 aromatic carbocycles. The Morgan fingerprint density at radius 3 is 2.65 bits per heavy atom. The molecule has 0 heterocycles. The number of hydrogen-bond donors (Lipinski definition) is 1. The lowest BCUT2D eigenvalue weighted by molar-refractivity contribution is -0.384. The van der Waals surface area contributed by atoms with E-state index in [4.69, 9.17) is 27.9 Å². The number of ether oxygens (including phenoxy) is 1. The summed E-state index contributed by atoms with van der Waals surface area (Å²) in [4.78, 5) is 22.3. The fourth-order valence-electron chi connectivity index (χ4n) is 1.77. The summed E-state index contributed by atoms with van der Waals surface area (Å²) in [6.07, 6.45) is -0.816. The highest BCUT2D eigenvalue weighted by atomic mass is 35.5. The summed E-state index contributed by atoms with van der Waals surface area (Å²) in [5.41, 5.74) is -0.0273. The normalized spacial score (nSPS) is 11.6. The van der Waals surface area contributed by atoms with Crippen LogP contribution in [0.25, 0.3) is 0 Å². The molecule has 120 valence electrons. The van der Waals surface area contributed by atoms with Gasteiger partial charge in [0.05, 0.1) is 4.92 Å². The van der Waals surface area contributed by atoms with Crippen LogP contribution in [0.3, 0.4) is 0 Å². The SMILES string of the molecule is C[C@@H](Oc1cccc(Cl)c1)C(=O)Nc1ccc(Cl)c([N+](=O)[O-])c1. The molecule has 0 aliphatic carbocycles. The Kier molecular flexibility index (Phi) is 5.41. The molecule has 0 saturated carbocycles. The van der Waals surface area contributed by atoms with Crippen molar-refractivity contribution in [1.82, 2.24) is 0 Å². The van der Waals surface area contributed by atoms with Crippen LogP contribution in [0.5, 0.6) is 5.75 Å². The molecule has 6 nitrogen and oxygen atoms in total. The summed E-state index contributed by atoms with van der Waals surface area (Å²) >= 11 is 11.6. The van der Waals surface area contributed by atoms with Crippen LogP contribution < -0.4 is 10.1 Å². The highest BCUT2D eigenvalue weighted by Gasteiger charge is 2.18. The molecule has 23 heavy (non-hydrogen) atoms. The van der Waals surface area contributed by atoms with Crippen molar-refractivity contribution in [3.8, 4) is 5.75 Å². The standard InChI is InChI=1S/C15H12Cl2N2O4/c1-9(23-12-4-2-3-10(16)7-12)15(20)18-11-5-6-13(17)14(8-11)19(21)22/h2-9H,1H3,(H,18,20)/t9-/m1/s1. The monoisotopic (exact) mass is 354 g/mol. The number of carbonyl (C=O) groups is 1. The van der Waals surface area contributed by atoms with E-state index in [1.54, 1.807) is 31.2 Å². The Morgan fingerprint density at radius 2 is 2.00 bits per heavy atom. The minimum absolute atomic E-state index is 0.00350. The molecule has 0 unspecified atom stereocenters. The molecule has 0 fully saturated rings. The van der Waals surface area contributed by atoms with E-state index in [0.717, 1.165) is 0 Å². The van der Waals surface area contributed by atoms with Crippen LogP contribution in [0.4, 0.5) is 11.4 Å². The van der Waals surface area contributed by atoms with E-state index >= 15 is 0 Å². The van der Waals surface area contributed by atoms with Gasteiger partial charge in [-0.05, 0) is 37.3 Å². The lowest BCUT2D eigenvalue weighted by atomic mass is 10.2. The predicted octanol–water partition coefficient (Wildman–Crippen LogP) is 4.31. The van der Waals surface area contributed by atoms with E-state index < -0.39 is 16.9 Å². The van der Waals surface area contributed by atoms with Crippen LogP contribution in [0, 0.1) is 10.1 Å². The number of nitro groups is 1. The van der Waals surface area contributed by atoms with Gasteiger partial charge in [-0.1, -0.05) is 29.3 Å². The maximum atomic E-state index is 12.1. The summed E-state index contributed by atoms with van der Waals surface area (Å²) < 4.78 is 5.47. The first-order chi connectivity index (χ1) is 10.9. The quantitative estimate of drug-likeness (QED) is 0.640. The number of anilines is 1. The van der Waals surface area contributed by atoms with Gasteiger partial charge in [-0.15, -0.1) is 0 Å². The molecule has 0 aliphatic heterocycles. The number of rotatable bonds is 5. The molecule has 0 spiro atoms. The number of halogens is 2. The molecule has 0 saturated heterocycles. The molecule has 0 radical (unpaired) electrons. The number of nitrogens with one attached hydrogen (secondary N) is 1. The highest BCUT2D eigenvalue weighted by Crippen LogP contribution is 2.27. The van der Waals surface area contributed by atoms with Crippen molar-refractivity contribution in [2.75, 3.05) is 5.32 Å². The minimum Gasteiger partial charge on any atom is -0.481 e. The molecule has 0 bridgehead atoms. The van der Waals surface area contributed by atoms with Crippen molar-refractivity contribution in [3.05, 3.63) is 62.6 Å². The van der Waals surface area contributed by atoms with Gasteiger partial charge in [-0.3, -0.25) is 14.9 Å². The van der Waals surface area contributed by atoms with Crippen LogP contribution in [0.2, 0.25) is 10.0 Å². The van der Waals surface area contributed by atoms with Crippen molar-refractivity contribution in [3.63, 3.8) is 0 Å². The first-order valence-electron chi connectivity index (χ1n) is 6.54. The van der Waals surface area contributed by atoms with Crippen molar-refractivity contribution in [2.24, 2.45) is 0 Å². The van der Waals surface area contributed by atoms with Crippen LogP contribution >= 0.6 is 23.2 Å².